The molecule has 0 saturated heterocycles. The van der Waals surface area contributed by atoms with E-state index < -0.39 is 6.10 Å². The highest BCUT2D eigenvalue weighted by Crippen LogP contribution is 2.17. The molecule has 72 heavy (non-hydrogen) atoms. The largest absolute Gasteiger partial charge is 0.462 e. The number of esters is 3. The summed E-state index contributed by atoms with van der Waals surface area (Å²) in [5.41, 5.74) is 0. The lowest BCUT2D eigenvalue weighted by Crippen LogP contribution is -2.30. The van der Waals surface area contributed by atoms with Crippen LogP contribution in [0.15, 0.2) is 36.5 Å². The van der Waals surface area contributed by atoms with Crippen LogP contribution in [0.1, 0.15) is 348 Å². The third-order valence-electron chi connectivity index (χ3n) is 14.4. The maximum Gasteiger partial charge on any atom is 0.306 e. The zero-order chi connectivity index (χ0) is 52.2. The van der Waals surface area contributed by atoms with E-state index in [-0.39, 0.29) is 31.1 Å². The second kappa shape index (κ2) is 61.2. The molecule has 6 nitrogen and oxygen atoms in total. The van der Waals surface area contributed by atoms with Crippen LogP contribution >= 0.6 is 0 Å². The number of allylic oxidation sites excluding steroid dienone is 6. The Morgan fingerprint density at radius 1 is 0.278 bits per heavy atom. The number of carbonyl (C=O) groups is 3. The Morgan fingerprint density at radius 2 is 0.500 bits per heavy atom. The molecule has 0 N–H and O–H groups in total. The molecule has 0 spiro atoms. The summed E-state index contributed by atoms with van der Waals surface area (Å²) in [5, 5.41) is 0. The Balaban J connectivity index is 4.34. The molecule has 0 radical (unpaired) electrons. The molecular formula is C66H122O6. The number of unbranched alkanes of at least 4 members (excludes halogenated alkanes) is 42. The summed E-state index contributed by atoms with van der Waals surface area (Å²) < 4.78 is 16.9. The first-order valence-electron chi connectivity index (χ1n) is 32.0. The third kappa shape index (κ3) is 58.5. The molecule has 0 saturated carbocycles. The fourth-order valence-corrected chi connectivity index (χ4v) is 9.53. The first-order chi connectivity index (χ1) is 35.5. The quantitative estimate of drug-likeness (QED) is 0.0261. The summed E-state index contributed by atoms with van der Waals surface area (Å²) in [5.74, 6) is -0.860. The van der Waals surface area contributed by atoms with Gasteiger partial charge in [-0.3, -0.25) is 14.4 Å². The van der Waals surface area contributed by atoms with Gasteiger partial charge in [-0.15, -0.1) is 0 Å². The van der Waals surface area contributed by atoms with Crippen molar-refractivity contribution in [3.63, 3.8) is 0 Å². The van der Waals surface area contributed by atoms with E-state index in [0.717, 1.165) is 70.6 Å². The molecule has 422 valence electrons. The Morgan fingerprint density at radius 3 is 0.806 bits per heavy atom. The molecule has 0 aromatic heterocycles. The number of ether oxygens (including phenoxy) is 3. The van der Waals surface area contributed by atoms with Crippen LogP contribution in [0.5, 0.6) is 0 Å². The van der Waals surface area contributed by atoms with Crippen molar-refractivity contribution in [3.05, 3.63) is 36.5 Å². The molecule has 0 heterocycles. The molecule has 0 aliphatic rings. The van der Waals surface area contributed by atoms with Crippen LogP contribution in [0.3, 0.4) is 0 Å². The van der Waals surface area contributed by atoms with Crippen LogP contribution in [-0.2, 0) is 28.6 Å². The molecule has 6 heteroatoms. The molecule has 1 atom stereocenters. The predicted octanol–water partition coefficient (Wildman–Crippen LogP) is 21.6. The van der Waals surface area contributed by atoms with Crippen molar-refractivity contribution in [1.82, 2.24) is 0 Å². The van der Waals surface area contributed by atoms with Crippen molar-refractivity contribution in [1.29, 1.82) is 0 Å². The van der Waals surface area contributed by atoms with E-state index >= 15 is 0 Å². The highest BCUT2D eigenvalue weighted by Gasteiger charge is 2.19. The number of carbonyl (C=O) groups excluding carboxylic acids is 3. The summed E-state index contributed by atoms with van der Waals surface area (Å²) >= 11 is 0. The lowest BCUT2D eigenvalue weighted by atomic mass is 10.0. The number of hydrogen-bond acceptors (Lipinski definition) is 6. The van der Waals surface area contributed by atoms with Gasteiger partial charge in [0.15, 0.2) is 6.10 Å². The lowest BCUT2D eigenvalue weighted by molar-refractivity contribution is -0.167. The van der Waals surface area contributed by atoms with E-state index in [2.05, 4.69) is 57.2 Å². The normalized spacial score (nSPS) is 12.2. The lowest BCUT2D eigenvalue weighted by Gasteiger charge is -2.18. The molecule has 1 unspecified atom stereocenters. The average molecular weight is 1010 g/mol. The first kappa shape index (κ1) is 69.6. The van der Waals surface area contributed by atoms with E-state index in [1.807, 2.05) is 0 Å². The minimum absolute atomic E-state index is 0.0729. The summed E-state index contributed by atoms with van der Waals surface area (Å²) in [6.07, 6.45) is 74.3. The van der Waals surface area contributed by atoms with Gasteiger partial charge in [0.05, 0.1) is 0 Å². The molecule has 0 aliphatic heterocycles. The molecule has 0 amide bonds. The van der Waals surface area contributed by atoms with Crippen LogP contribution in [0, 0.1) is 0 Å². The van der Waals surface area contributed by atoms with Gasteiger partial charge < -0.3 is 14.2 Å². The summed E-state index contributed by atoms with van der Waals surface area (Å²) in [7, 11) is 0. The van der Waals surface area contributed by atoms with Crippen molar-refractivity contribution in [2.24, 2.45) is 0 Å². The van der Waals surface area contributed by atoms with Crippen molar-refractivity contribution in [3.8, 4) is 0 Å². The fraction of sp³-hybridized carbons (Fsp3) is 0.864. The third-order valence-corrected chi connectivity index (χ3v) is 14.4. The monoisotopic (exact) mass is 1010 g/mol. The van der Waals surface area contributed by atoms with Crippen LogP contribution in [0.25, 0.3) is 0 Å². The highest BCUT2D eigenvalue weighted by molar-refractivity contribution is 5.71. The maximum atomic E-state index is 12.9. The van der Waals surface area contributed by atoms with Crippen LogP contribution in [0.4, 0.5) is 0 Å². The molecular weight excluding hydrogens is 889 g/mol. The van der Waals surface area contributed by atoms with Gasteiger partial charge in [0, 0.05) is 19.3 Å². The molecule has 0 rings (SSSR count). The summed E-state index contributed by atoms with van der Waals surface area (Å²) in [6.45, 7) is 6.67. The second-order valence-electron chi connectivity index (χ2n) is 21.7. The van der Waals surface area contributed by atoms with Gasteiger partial charge in [-0.25, -0.2) is 0 Å². The summed E-state index contributed by atoms with van der Waals surface area (Å²) in [4.78, 5) is 38.3. The Hall–Kier alpha value is -2.37. The molecule has 0 aromatic rings. The Bertz CT molecular complexity index is 1210. The van der Waals surface area contributed by atoms with Gasteiger partial charge in [0.1, 0.15) is 13.2 Å². The van der Waals surface area contributed by atoms with Crippen LogP contribution < -0.4 is 0 Å². The predicted molar refractivity (Wildman–Crippen MR) is 312 cm³/mol. The van der Waals surface area contributed by atoms with Gasteiger partial charge in [-0.2, -0.15) is 0 Å². The second-order valence-corrected chi connectivity index (χ2v) is 21.7. The van der Waals surface area contributed by atoms with E-state index in [0.29, 0.717) is 19.3 Å². The van der Waals surface area contributed by atoms with Gasteiger partial charge in [0.2, 0.25) is 0 Å². The van der Waals surface area contributed by atoms with Crippen molar-refractivity contribution in [2.75, 3.05) is 13.2 Å². The zero-order valence-corrected chi connectivity index (χ0v) is 48.5. The Labute approximate surface area is 448 Å². The molecule has 0 bridgehead atoms. The SMILES string of the molecule is CCCCC/C=C\C/C=C\CCCCCCCCCC(=O)OCC(COC(=O)CCCCCCCCC/C=C\CCCCCCCCCC)OC(=O)CCCCCCCCCCCCCCCCCCCC. The van der Waals surface area contributed by atoms with Crippen molar-refractivity contribution < 1.29 is 28.6 Å². The number of rotatable bonds is 59. The standard InChI is InChI=1S/C66H122O6/c1-4-7-10-13-16-19-22-25-28-31-33-36-38-41-44-47-50-53-56-59-65(68)71-62-63(61-70-64(67)58-55-52-49-46-43-40-37-34-30-27-24-21-18-15-12-9-6-3)72-66(69)60-57-54-51-48-45-42-39-35-32-29-26-23-20-17-14-11-8-5-2/h18,21,27,30-31,33,63H,4-17,19-20,22-26,28-29,32,34-62H2,1-3H3/b21-18-,30-27-,33-31-. The average Bonchev–Trinajstić information content (AvgIpc) is 3.38. The highest BCUT2D eigenvalue weighted by atomic mass is 16.6. The number of hydrogen-bond donors (Lipinski definition) is 0. The smallest absolute Gasteiger partial charge is 0.306 e. The van der Waals surface area contributed by atoms with E-state index in [1.165, 1.54) is 238 Å². The summed E-state index contributed by atoms with van der Waals surface area (Å²) in [6, 6.07) is 0. The van der Waals surface area contributed by atoms with Gasteiger partial charge in [0.25, 0.3) is 0 Å². The van der Waals surface area contributed by atoms with Gasteiger partial charge >= 0.3 is 17.9 Å². The van der Waals surface area contributed by atoms with E-state index in [1.54, 1.807) is 0 Å². The maximum absolute atomic E-state index is 12.9. The topological polar surface area (TPSA) is 78.9 Å². The van der Waals surface area contributed by atoms with Crippen LogP contribution in [0.2, 0.25) is 0 Å². The van der Waals surface area contributed by atoms with Crippen LogP contribution in [-0.4, -0.2) is 37.2 Å². The van der Waals surface area contributed by atoms with Crippen molar-refractivity contribution in [2.45, 2.75) is 354 Å². The first-order valence-corrected chi connectivity index (χ1v) is 32.0. The molecule has 0 fully saturated rings. The minimum atomic E-state index is -0.775. The van der Waals surface area contributed by atoms with Gasteiger partial charge in [-0.05, 0) is 77.0 Å². The fourth-order valence-electron chi connectivity index (χ4n) is 9.53. The minimum Gasteiger partial charge on any atom is -0.462 e. The molecule has 0 aliphatic carbocycles. The van der Waals surface area contributed by atoms with E-state index in [9.17, 15) is 14.4 Å². The van der Waals surface area contributed by atoms with Gasteiger partial charge in [-0.1, -0.05) is 288 Å². The molecule has 0 aromatic carbocycles. The Kier molecular flexibility index (Phi) is 59.2. The van der Waals surface area contributed by atoms with Crippen molar-refractivity contribution >= 4 is 17.9 Å². The van der Waals surface area contributed by atoms with E-state index in [4.69, 9.17) is 14.2 Å². The zero-order valence-electron chi connectivity index (χ0n) is 48.5.